The molecule has 0 aliphatic carbocycles. The van der Waals surface area contributed by atoms with Crippen LogP contribution in [0, 0.1) is 0 Å². The minimum absolute atomic E-state index is 1.06. The van der Waals surface area contributed by atoms with Gasteiger partial charge in [0.15, 0.2) is 0 Å². The smallest absolute Gasteiger partial charge is 0.0682 e. The number of fused-ring (bicyclic) bond motifs is 1. The summed E-state index contributed by atoms with van der Waals surface area (Å²) in [7, 11) is 4.13. The molecule has 0 saturated heterocycles. The highest BCUT2D eigenvalue weighted by Crippen LogP contribution is 2.14. The van der Waals surface area contributed by atoms with Crippen LogP contribution in [-0.2, 0) is 20.0 Å². The molecule has 0 saturated carbocycles. The maximum absolute atomic E-state index is 4.38. The number of rotatable bonds is 0. The fourth-order valence-corrected chi connectivity index (χ4v) is 1.59. The van der Waals surface area contributed by atoms with Gasteiger partial charge in [-0.15, -0.1) is 0 Å². The van der Waals surface area contributed by atoms with E-state index in [-0.39, 0.29) is 0 Å². The van der Waals surface area contributed by atoms with E-state index in [1.807, 2.05) is 11.7 Å². The molecule has 2 rings (SSSR count). The van der Waals surface area contributed by atoms with Crippen molar-refractivity contribution in [2.24, 2.45) is 7.05 Å². The molecule has 3 nitrogen and oxygen atoms in total. The van der Waals surface area contributed by atoms with Crippen molar-refractivity contribution in [1.29, 1.82) is 0 Å². The largest absolute Gasteiger partial charge is 0.302 e. The van der Waals surface area contributed by atoms with E-state index >= 15 is 0 Å². The molecule has 1 aromatic rings. The van der Waals surface area contributed by atoms with Crippen LogP contribution in [0.5, 0.6) is 0 Å². The van der Waals surface area contributed by atoms with Crippen LogP contribution >= 0.6 is 0 Å². The number of aryl methyl sites for hydroxylation is 1. The highest BCUT2D eigenvalue weighted by Gasteiger charge is 2.15. The summed E-state index contributed by atoms with van der Waals surface area (Å²) in [6, 6.07) is 0. The molecule has 1 aliphatic rings. The summed E-state index contributed by atoms with van der Waals surface area (Å²) in [5.41, 5.74) is 2.67. The Kier molecular flexibility index (Phi) is 1.46. The molecular formula is C8H13N3. The Hall–Kier alpha value is -0.830. The van der Waals surface area contributed by atoms with Gasteiger partial charge < -0.3 is 4.90 Å². The van der Waals surface area contributed by atoms with Crippen molar-refractivity contribution in [2.75, 3.05) is 13.6 Å². The van der Waals surface area contributed by atoms with Crippen LogP contribution in [0.25, 0.3) is 0 Å². The normalized spacial score (nSPS) is 18.4. The Morgan fingerprint density at radius 1 is 1.45 bits per heavy atom. The molecule has 0 amide bonds. The molecule has 11 heavy (non-hydrogen) atoms. The van der Waals surface area contributed by atoms with Crippen LogP contribution in [0.3, 0.4) is 0 Å². The zero-order valence-corrected chi connectivity index (χ0v) is 7.04. The van der Waals surface area contributed by atoms with E-state index in [1.165, 1.54) is 11.3 Å². The number of hydrogen-bond acceptors (Lipinski definition) is 2. The highest BCUT2D eigenvalue weighted by atomic mass is 15.3. The molecule has 2 heterocycles. The van der Waals surface area contributed by atoms with E-state index in [0.29, 0.717) is 0 Å². The van der Waals surface area contributed by atoms with Gasteiger partial charge in [0.2, 0.25) is 0 Å². The van der Waals surface area contributed by atoms with Gasteiger partial charge >= 0.3 is 0 Å². The maximum Gasteiger partial charge on any atom is 0.0682 e. The number of nitrogens with zero attached hydrogens (tertiary/aromatic N) is 3. The first-order chi connectivity index (χ1) is 5.25. The average molecular weight is 151 g/mol. The van der Waals surface area contributed by atoms with Gasteiger partial charge in [-0.1, -0.05) is 0 Å². The SMILES string of the molecule is CN1CCc2nn(C)cc2C1. The number of aromatic nitrogens is 2. The Balaban J connectivity index is 2.34. The second-order valence-corrected chi connectivity index (χ2v) is 3.26. The summed E-state index contributed by atoms with van der Waals surface area (Å²) in [5, 5.41) is 4.38. The summed E-state index contributed by atoms with van der Waals surface area (Å²) in [6.07, 6.45) is 3.22. The molecule has 1 aliphatic heterocycles. The van der Waals surface area contributed by atoms with E-state index in [4.69, 9.17) is 0 Å². The molecule has 0 spiro atoms. The molecule has 60 valence electrons. The lowest BCUT2D eigenvalue weighted by Crippen LogP contribution is -2.25. The van der Waals surface area contributed by atoms with E-state index in [0.717, 1.165) is 19.5 Å². The van der Waals surface area contributed by atoms with Gasteiger partial charge in [0.05, 0.1) is 5.69 Å². The predicted molar refractivity (Wildman–Crippen MR) is 43.2 cm³/mol. The fourth-order valence-electron chi connectivity index (χ4n) is 1.59. The van der Waals surface area contributed by atoms with E-state index in [2.05, 4.69) is 23.2 Å². The molecule has 0 atom stereocenters. The van der Waals surface area contributed by atoms with Gasteiger partial charge in [-0.25, -0.2) is 0 Å². The topological polar surface area (TPSA) is 21.1 Å². The highest BCUT2D eigenvalue weighted by molar-refractivity contribution is 5.19. The molecule has 0 bridgehead atoms. The molecular weight excluding hydrogens is 138 g/mol. The second kappa shape index (κ2) is 2.34. The molecule has 0 aromatic carbocycles. The Bertz CT molecular complexity index is 264. The lowest BCUT2D eigenvalue weighted by Gasteiger charge is -2.20. The standard InChI is InChI=1S/C8H13N3/c1-10-4-3-8-7(5-10)6-11(2)9-8/h6H,3-5H2,1-2H3. The van der Waals surface area contributed by atoms with Gasteiger partial charge in [-0.2, -0.15) is 5.10 Å². The molecule has 1 aromatic heterocycles. The van der Waals surface area contributed by atoms with Crippen molar-refractivity contribution in [3.05, 3.63) is 17.5 Å². The molecule has 3 heteroatoms. The first-order valence-electron chi connectivity index (χ1n) is 3.95. The van der Waals surface area contributed by atoms with Gasteiger partial charge in [-0.3, -0.25) is 4.68 Å². The Labute approximate surface area is 66.6 Å². The van der Waals surface area contributed by atoms with Crippen LogP contribution in [0.2, 0.25) is 0 Å². The lowest BCUT2D eigenvalue weighted by atomic mass is 10.1. The minimum atomic E-state index is 1.06. The first kappa shape index (κ1) is 6.85. The summed E-state index contributed by atoms with van der Waals surface area (Å²) < 4.78 is 1.91. The van der Waals surface area contributed by atoms with Crippen molar-refractivity contribution >= 4 is 0 Å². The van der Waals surface area contributed by atoms with Crippen LogP contribution in [0.15, 0.2) is 6.20 Å². The summed E-state index contributed by atoms with van der Waals surface area (Å²) in [4.78, 5) is 2.32. The Morgan fingerprint density at radius 2 is 2.27 bits per heavy atom. The second-order valence-electron chi connectivity index (χ2n) is 3.26. The summed E-state index contributed by atoms with van der Waals surface area (Å²) >= 11 is 0. The molecule has 0 fully saturated rings. The third-order valence-electron chi connectivity index (χ3n) is 2.16. The van der Waals surface area contributed by atoms with Gasteiger partial charge in [0, 0.05) is 38.3 Å². The fraction of sp³-hybridized carbons (Fsp3) is 0.625. The van der Waals surface area contributed by atoms with E-state index in [9.17, 15) is 0 Å². The summed E-state index contributed by atoms with van der Waals surface area (Å²) in [5.74, 6) is 0. The zero-order chi connectivity index (χ0) is 7.84. The van der Waals surface area contributed by atoms with Crippen molar-refractivity contribution in [3.63, 3.8) is 0 Å². The third kappa shape index (κ3) is 1.16. The van der Waals surface area contributed by atoms with Gasteiger partial charge in [-0.05, 0) is 7.05 Å². The van der Waals surface area contributed by atoms with E-state index in [1.54, 1.807) is 0 Å². The lowest BCUT2D eigenvalue weighted by molar-refractivity contribution is 0.311. The van der Waals surface area contributed by atoms with Crippen molar-refractivity contribution in [2.45, 2.75) is 13.0 Å². The predicted octanol–water partition coefficient (Wildman–Crippen LogP) is 0.408. The zero-order valence-electron chi connectivity index (χ0n) is 7.04. The van der Waals surface area contributed by atoms with Gasteiger partial charge in [0.1, 0.15) is 0 Å². The minimum Gasteiger partial charge on any atom is -0.302 e. The van der Waals surface area contributed by atoms with Gasteiger partial charge in [0.25, 0.3) is 0 Å². The molecule has 0 radical (unpaired) electrons. The molecule has 0 unspecified atom stereocenters. The third-order valence-corrected chi connectivity index (χ3v) is 2.16. The summed E-state index contributed by atoms with van der Waals surface area (Å²) in [6.45, 7) is 2.20. The van der Waals surface area contributed by atoms with Crippen molar-refractivity contribution in [3.8, 4) is 0 Å². The quantitative estimate of drug-likeness (QED) is 0.535. The van der Waals surface area contributed by atoms with Crippen LogP contribution in [0.4, 0.5) is 0 Å². The Morgan fingerprint density at radius 3 is 3.09 bits per heavy atom. The van der Waals surface area contributed by atoms with Crippen LogP contribution < -0.4 is 0 Å². The number of hydrogen-bond donors (Lipinski definition) is 0. The maximum atomic E-state index is 4.38. The monoisotopic (exact) mass is 151 g/mol. The average Bonchev–Trinajstić information content (AvgIpc) is 2.27. The van der Waals surface area contributed by atoms with Crippen LogP contribution in [-0.4, -0.2) is 28.3 Å². The van der Waals surface area contributed by atoms with Crippen LogP contribution in [0.1, 0.15) is 11.3 Å². The van der Waals surface area contributed by atoms with Crippen molar-refractivity contribution in [1.82, 2.24) is 14.7 Å². The molecule has 0 N–H and O–H groups in total. The van der Waals surface area contributed by atoms with Crippen molar-refractivity contribution < 1.29 is 0 Å². The number of likely N-dealkylation sites (N-methyl/N-ethyl adjacent to an activating group) is 1. The first-order valence-corrected chi connectivity index (χ1v) is 3.95. The van der Waals surface area contributed by atoms with E-state index < -0.39 is 0 Å².